The van der Waals surface area contributed by atoms with Gasteiger partial charge in [-0.1, -0.05) is 0 Å². The summed E-state index contributed by atoms with van der Waals surface area (Å²) in [4.78, 5) is 33.7. The summed E-state index contributed by atoms with van der Waals surface area (Å²) in [6.07, 6.45) is 7.94. The largest absolute Gasteiger partial charge is 0.490 e. The van der Waals surface area contributed by atoms with Gasteiger partial charge in [-0.05, 0) is 75.9 Å². The zero-order valence-electron chi connectivity index (χ0n) is 19.3. The first kappa shape index (κ1) is 21.9. The number of carbonyl (C=O) groups excluding carboxylic acids is 1. The van der Waals surface area contributed by atoms with Crippen LogP contribution >= 0.6 is 11.3 Å². The molecule has 0 spiro atoms. The lowest BCUT2D eigenvalue weighted by atomic mass is 9.94. The maximum absolute atomic E-state index is 13.2. The quantitative estimate of drug-likeness (QED) is 0.514. The molecule has 0 radical (unpaired) electrons. The van der Waals surface area contributed by atoms with Crippen molar-refractivity contribution in [3.8, 4) is 11.4 Å². The predicted octanol–water partition coefficient (Wildman–Crippen LogP) is 4.06. The van der Waals surface area contributed by atoms with Gasteiger partial charge in [0.1, 0.15) is 22.9 Å². The zero-order valence-corrected chi connectivity index (χ0v) is 20.1. The average molecular weight is 480 g/mol. The number of rotatable bonds is 5. The Hall–Kier alpha value is -2.55. The molecule has 0 N–H and O–H groups in total. The van der Waals surface area contributed by atoms with Gasteiger partial charge in [0, 0.05) is 31.2 Å². The van der Waals surface area contributed by atoms with Crippen LogP contribution in [0.5, 0.6) is 5.75 Å². The van der Waals surface area contributed by atoms with Crippen molar-refractivity contribution in [2.75, 3.05) is 20.3 Å². The van der Waals surface area contributed by atoms with Crippen LogP contribution in [0.4, 0.5) is 0 Å². The molecule has 3 aromatic rings. The van der Waals surface area contributed by atoms with E-state index in [1.165, 1.54) is 24.2 Å². The van der Waals surface area contributed by atoms with E-state index in [2.05, 4.69) is 16.9 Å². The molecule has 1 unspecified atom stereocenters. The van der Waals surface area contributed by atoms with Crippen LogP contribution < -0.4 is 10.3 Å². The predicted molar refractivity (Wildman–Crippen MR) is 131 cm³/mol. The molecule has 34 heavy (non-hydrogen) atoms. The van der Waals surface area contributed by atoms with Crippen LogP contribution in [-0.4, -0.2) is 58.7 Å². The molecule has 2 aromatic heterocycles. The molecule has 6 rings (SSSR count). The van der Waals surface area contributed by atoms with Gasteiger partial charge in [0.2, 0.25) is 0 Å². The molecule has 7 nitrogen and oxygen atoms in total. The Balaban J connectivity index is 1.20. The van der Waals surface area contributed by atoms with Gasteiger partial charge in [0.05, 0.1) is 16.1 Å². The minimum absolute atomic E-state index is 0.0312. The number of thiophene rings is 1. The Morgan fingerprint density at radius 2 is 1.79 bits per heavy atom. The van der Waals surface area contributed by atoms with Gasteiger partial charge < -0.3 is 14.4 Å². The van der Waals surface area contributed by atoms with Crippen molar-refractivity contribution in [2.24, 2.45) is 5.92 Å². The van der Waals surface area contributed by atoms with Crippen molar-refractivity contribution >= 4 is 27.3 Å². The SMILES string of the molecule is CN1[C@@H]2CC[C@H]1CC(Oc1ccc(-n3cnc4cc(C(=O)C5CCOCC5)sc4c3=O)cc1)C2. The highest BCUT2D eigenvalue weighted by Gasteiger charge is 2.39. The average Bonchev–Trinajstić information content (AvgIpc) is 3.37. The van der Waals surface area contributed by atoms with E-state index >= 15 is 0 Å². The second kappa shape index (κ2) is 8.91. The summed E-state index contributed by atoms with van der Waals surface area (Å²) in [5.41, 5.74) is 1.17. The Kier molecular flexibility index (Phi) is 5.75. The number of aromatic nitrogens is 2. The molecule has 8 heteroatoms. The molecule has 3 atom stereocenters. The molecular weight excluding hydrogens is 450 g/mol. The van der Waals surface area contributed by atoms with Gasteiger partial charge in [-0.25, -0.2) is 4.98 Å². The number of benzene rings is 1. The minimum atomic E-state index is -0.151. The lowest BCUT2D eigenvalue weighted by molar-refractivity contribution is 0.0547. The Labute approximate surface area is 202 Å². The van der Waals surface area contributed by atoms with E-state index in [0.717, 1.165) is 37.1 Å². The third-order valence-electron chi connectivity index (χ3n) is 7.75. The molecule has 3 fully saturated rings. The fraction of sp³-hybridized carbons (Fsp3) is 0.500. The van der Waals surface area contributed by atoms with Crippen molar-refractivity contribution < 1.29 is 14.3 Å². The van der Waals surface area contributed by atoms with E-state index in [1.807, 2.05) is 24.3 Å². The van der Waals surface area contributed by atoms with Crippen LogP contribution in [0.25, 0.3) is 15.9 Å². The number of hydrogen-bond acceptors (Lipinski definition) is 7. The second-order valence-corrected chi connectivity index (χ2v) is 10.8. The molecule has 1 aromatic carbocycles. The lowest BCUT2D eigenvalue weighted by Gasteiger charge is -2.36. The summed E-state index contributed by atoms with van der Waals surface area (Å²) in [5, 5.41) is 0. The van der Waals surface area contributed by atoms with Gasteiger partial charge in [-0.3, -0.25) is 14.2 Å². The van der Waals surface area contributed by atoms with E-state index in [-0.39, 0.29) is 23.4 Å². The van der Waals surface area contributed by atoms with Gasteiger partial charge in [0.15, 0.2) is 5.78 Å². The Bertz CT molecular complexity index is 1250. The van der Waals surface area contributed by atoms with Crippen molar-refractivity contribution in [3.05, 3.63) is 51.9 Å². The highest BCUT2D eigenvalue weighted by atomic mass is 32.1. The molecule has 3 aliphatic heterocycles. The zero-order chi connectivity index (χ0) is 23.2. The summed E-state index contributed by atoms with van der Waals surface area (Å²) in [6.45, 7) is 1.23. The molecule has 0 aliphatic carbocycles. The molecule has 3 saturated heterocycles. The van der Waals surface area contributed by atoms with Crippen LogP contribution in [0.3, 0.4) is 0 Å². The summed E-state index contributed by atoms with van der Waals surface area (Å²) < 4.78 is 13.7. The Morgan fingerprint density at radius 1 is 1.09 bits per heavy atom. The first-order chi connectivity index (χ1) is 16.6. The fourth-order valence-electron chi connectivity index (χ4n) is 5.71. The van der Waals surface area contributed by atoms with E-state index < -0.39 is 0 Å². The standard InChI is InChI=1S/C26H29N3O4S/c1-28-18-2-3-19(28)13-21(12-18)33-20-6-4-17(5-7-20)29-15-27-22-14-23(34-25(22)26(29)31)24(30)16-8-10-32-11-9-16/h4-7,14-16,18-19,21H,2-3,8-13H2,1H3/t18-,19+,21?. The minimum Gasteiger partial charge on any atom is -0.490 e. The van der Waals surface area contributed by atoms with Crippen LogP contribution in [0.15, 0.2) is 41.5 Å². The van der Waals surface area contributed by atoms with Gasteiger partial charge >= 0.3 is 0 Å². The van der Waals surface area contributed by atoms with Crippen molar-refractivity contribution in [1.82, 2.24) is 14.5 Å². The van der Waals surface area contributed by atoms with Crippen molar-refractivity contribution in [3.63, 3.8) is 0 Å². The third-order valence-corrected chi connectivity index (χ3v) is 8.87. The number of piperidine rings is 1. The summed E-state index contributed by atoms with van der Waals surface area (Å²) in [5.74, 6) is 0.901. The summed E-state index contributed by atoms with van der Waals surface area (Å²) >= 11 is 1.25. The number of Topliss-reactive ketones (excluding diaryl/α,β-unsaturated/α-hetero) is 1. The van der Waals surface area contributed by atoms with Crippen LogP contribution in [0, 0.1) is 5.92 Å². The molecule has 178 valence electrons. The van der Waals surface area contributed by atoms with Crippen LogP contribution in [-0.2, 0) is 4.74 Å². The van der Waals surface area contributed by atoms with Crippen molar-refractivity contribution in [2.45, 2.75) is 56.7 Å². The highest BCUT2D eigenvalue weighted by molar-refractivity contribution is 7.20. The van der Waals surface area contributed by atoms with E-state index in [4.69, 9.17) is 9.47 Å². The summed E-state index contributed by atoms with van der Waals surface area (Å²) in [7, 11) is 2.23. The van der Waals surface area contributed by atoms with Crippen molar-refractivity contribution in [1.29, 1.82) is 0 Å². The maximum atomic E-state index is 13.2. The molecule has 0 amide bonds. The number of ether oxygens (including phenoxy) is 2. The smallest absolute Gasteiger partial charge is 0.275 e. The van der Waals surface area contributed by atoms with Crippen LogP contribution in [0.1, 0.15) is 48.2 Å². The first-order valence-corrected chi connectivity index (χ1v) is 13.0. The number of hydrogen-bond donors (Lipinski definition) is 0. The highest BCUT2D eigenvalue weighted by Crippen LogP contribution is 2.36. The van der Waals surface area contributed by atoms with Crippen LogP contribution in [0.2, 0.25) is 0 Å². The monoisotopic (exact) mass is 479 g/mol. The number of nitrogens with zero attached hydrogens (tertiary/aromatic N) is 3. The number of carbonyl (C=O) groups is 1. The van der Waals surface area contributed by atoms with E-state index in [9.17, 15) is 9.59 Å². The summed E-state index contributed by atoms with van der Waals surface area (Å²) in [6, 6.07) is 10.7. The normalized spacial score (nSPS) is 25.6. The fourth-order valence-corrected chi connectivity index (χ4v) is 6.77. The third kappa shape index (κ3) is 3.97. The second-order valence-electron chi connectivity index (χ2n) is 9.75. The maximum Gasteiger partial charge on any atom is 0.275 e. The van der Waals surface area contributed by atoms with Gasteiger partial charge in [-0.2, -0.15) is 0 Å². The molecule has 0 saturated carbocycles. The topological polar surface area (TPSA) is 73.7 Å². The van der Waals surface area contributed by atoms with E-state index in [1.54, 1.807) is 17.0 Å². The molecular formula is C26H29N3O4S. The first-order valence-electron chi connectivity index (χ1n) is 12.2. The number of ketones is 1. The van der Waals surface area contributed by atoms with Gasteiger partial charge in [0.25, 0.3) is 5.56 Å². The molecule has 3 aliphatic rings. The Morgan fingerprint density at radius 3 is 2.50 bits per heavy atom. The molecule has 5 heterocycles. The lowest BCUT2D eigenvalue weighted by Crippen LogP contribution is -2.43. The van der Waals surface area contributed by atoms with Gasteiger partial charge in [-0.15, -0.1) is 11.3 Å². The van der Waals surface area contributed by atoms with E-state index in [0.29, 0.717) is 40.4 Å². The molecule has 2 bridgehead atoms. The number of fused-ring (bicyclic) bond motifs is 3.